The molecule has 0 aromatic rings. The number of piperazine rings is 1. The lowest BCUT2D eigenvalue weighted by Gasteiger charge is -2.35. The minimum atomic E-state index is 0.450. The molecule has 64 valence electrons. The highest BCUT2D eigenvalue weighted by atomic mass is 16.3. The van der Waals surface area contributed by atoms with Crippen LogP contribution in [0, 0.1) is 0 Å². The lowest BCUT2D eigenvalue weighted by atomic mass is 10.0. The zero-order valence-electron chi connectivity index (χ0n) is 6.84. The molecule has 0 aromatic heterocycles. The highest BCUT2D eigenvalue weighted by molar-refractivity contribution is 4.92. The van der Waals surface area contributed by atoms with Crippen molar-refractivity contribution < 1.29 is 5.11 Å². The monoisotopic (exact) mass is 157 g/mol. The number of hydrogen-bond donors (Lipinski definition) is 1. The van der Waals surface area contributed by atoms with Gasteiger partial charge >= 0.3 is 0 Å². The Hall–Kier alpha value is -0.120. The van der Waals surface area contributed by atoms with Crippen LogP contribution in [-0.4, -0.2) is 48.3 Å². The average Bonchev–Trinajstić information content (AvgIpc) is 2.50. The summed E-state index contributed by atoms with van der Waals surface area (Å²) in [6.07, 6.45) is 2.64. The molecule has 3 N–H and O–H groups in total. The average molecular weight is 157 g/mol. The topological polar surface area (TPSA) is 38.2 Å². The number of nitrogens with zero attached hydrogens (tertiary/aromatic N) is 1. The third-order valence-electron chi connectivity index (χ3n) is 2.90. The molecular weight excluding hydrogens is 140 g/mol. The van der Waals surface area contributed by atoms with Crippen LogP contribution in [0.3, 0.4) is 0 Å². The molecule has 2 heterocycles. The number of hydrogen-bond acceptors (Lipinski definition) is 2. The van der Waals surface area contributed by atoms with E-state index in [4.69, 9.17) is 5.11 Å². The predicted molar refractivity (Wildman–Crippen MR) is 44.9 cm³/mol. The van der Waals surface area contributed by atoms with Crippen LogP contribution in [0.1, 0.15) is 12.8 Å². The van der Waals surface area contributed by atoms with Crippen molar-refractivity contribution in [3.63, 3.8) is 0 Å². The van der Waals surface area contributed by atoms with Crippen molar-refractivity contribution in [1.82, 2.24) is 10.2 Å². The first-order valence-corrected chi connectivity index (χ1v) is 4.54. The number of rotatable bonds is 1. The first kappa shape index (κ1) is 7.53. The Kier molecular flexibility index (Phi) is 2.11. The molecule has 2 fully saturated rings. The first-order valence-electron chi connectivity index (χ1n) is 4.54. The quantitative estimate of drug-likeness (QED) is 0.503. The zero-order chi connectivity index (χ0) is 7.68. The summed E-state index contributed by atoms with van der Waals surface area (Å²) in [4.78, 5) is 2.54. The van der Waals surface area contributed by atoms with Crippen LogP contribution in [0.25, 0.3) is 0 Å². The van der Waals surface area contributed by atoms with Gasteiger partial charge in [-0.3, -0.25) is 4.90 Å². The lowest BCUT2D eigenvalue weighted by molar-refractivity contribution is 0.116. The Morgan fingerprint density at radius 1 is 1.45 bits per heavy atom. The summed E-state index contributed by atoms with van der Waals surface area (Å²) in [6, 6.07) is 1.13. The van der Waals surface area contributed by atoms with Gasteiger partial charge in [0.2, 0.25) is 0 Å². The van der Waals surface area contributed by atoms with E-state index in [1.54, 1.807) is 0 Å². The van der Waals surface area contributed by atoms with Crippen molar-refractivity contribution in [2.45, 2.75) is 24.9 Å². The van der Waals surface area contributed by atoms with Gasteiger partial charge in [-0.05, 0) is 19.4 Å². The molecule has 0 radical (unpaired) electrons. The van der Waals surface area contributed by atoms with E-state index in [2.05, 4.69) is 10.2 Å². The third kappa shape index (κ3) is 1.28. The standard InChI is InChI=1S/C8H16N2O/c11-6-7-8-2-1-4-10(8)5-3-9-7/h7-9,11H,1-6H2/p+1. The molecule has 0 aromatic carbocycles. The van der Waals surface area contributed by atoms with E-state index in [0.717, 1.165) is 6.54 Å². The minimum Gasteiger partial charge on any atom is -0.444 e. The van der Waals surface area contributed by atoms with Crippen LogP contribution < -0.4 is 5.32 Å². The number of nitrogens with one attached hydrogen (secondary N) is 1. The first-order chi connectivity index (χ1) is 5.42. The molecule has 2 atom stereocenters. The molecule has 11 heavy (non-hydrogen) atoms. The molecule has 2 unspecified atom stereocenters. The highest BCUT2D eigenvalue weighted by Gasteiger charge is 2.34. The molecule has 2 aliphatic heterocycles. The van der Waals surface area contributed by atoms with Gasteiger partial charge in [0, 0.05) is 19.1 Å². The number of fused-ring (bicyclic) bond motifs is 1. The normalized spacial score (nSPS) is 39.0. The summed E-state index contributed by atoms with van der Waals surface area (Å²) in [5.74, 6) is 0. The summed E-state index contributed by atoms with van der Waals surface area (Å²) in [5, 5.41) is 10.8. The van der Waals surface area contributed by atoms with Gasteiger partial charge in [-0.1, -0.05) is 0 Å². The van der Waals surface area contributed by atoms with Gasteiger partial charge in [0.15, 0.2) is 6.61 Å². The molecular formula is C8H17N2O+. The van der Waals surface area contributed by atoms with Crippen LogP contribution in [0.4, 0.5) is 0 Å². The Labute approximate surface area is 67.4 Å². The van der Waals surface area contributed by atoms with E-state index in [-0.39, 0.29) is 0 Å². The Morgan fingerprint density at radius 2 is 2.36 bits per heavy atom. The van der Waals surface area contributed by atoms with E-state index >= 15 is 0 Å². The lowest BCUT2D eigenvalue weighted by Crippen LogP contribution is -2.56. The van der Waals surface area contributed by atoms with Crippen molar-refractivity contribution in [3.8, 4) is 0 Å². The fraction of sp³-hybridized carbons (Fsp3) is 1.00. The van der Waals surface area contributed by atoms with Crippen molar-refractivity contribution in [3.05, 3.63) is 0 Å². The second-order valence-corrected chi connectivity index (χ2v) is 3.51. The van der Waals surface area contributed by atoms with Crippen LogP contribution in [0.15, 0.2) is 0 Å². The molecule has 0 bridgehead atoms. The van der Waals surface area contributed by atoms with Crippen molar-refractivity contribution in [2.24, 2.45) is 0 Å². The zero-order valence-corrected chi connectivity index (χ0v) is 6.84. The van der Waals surface area contributed by atoms with Gasteiger partial charge < -0.3 is 10.4 Å². The Morgan fingerprint density at radius 3 is 3.18 bits per heavy atom. The highest BCUT2D eigenvalue weighted by Crippen LogP contribution is 2.21. The van der Waals surface area contributed by atoms with E-state index in [1.807, 2.05) is 0 Å². The molecule has 0 amide bonds. The van der Waals surface area contributed by atoms with Gasteiger partial charge in [0.1, 0.15) is 0 Å². The van der Waals surface area contributed by atoms with E-state index in [1.165, 1.54) is 25.9 Å². The smallest absolute Gasteiger partial charge is 0.160 e. The summed E-state index contributed by atoms with van der Waals surface area (Å²) in [7, 11) is 0. The fourth-order valence-corrected chi connectivity index (χ4v) is 2.32. The van der Waals surface area contributed by atoms with Crippen molar-refractivity contribution in [2.75, 3.05) is 26.2 Å². The van der Waals surface area contributed by atoms with Gasteiger partial charge in [0.05, 0.1) is 6.04 Å². The van der Waals surface area contributed by atoms with E-state index in [0.29, 0.717) is 18.7 Å². The molecule has 3 heteroatoms. The van der Waals surface area contributed by atoms with Crippen molar-refractivity contribution >= 4 is 0 Å². The SMILES string of the molecule is [OH2+]CC1NCCN2CCCC12. The molecule has 0 spiro atoms. The summed E-state index contributed by atoms with van der Waals surface area (Å²) in [5.41, 5.74) is 0. The van der Waals surface area contributed by atoms with Gasteiger partial charge in [0.25, 0.3) is 0 Å². The van der Waals surface area contributed by atoms with Gasteiger partial charge in [-0.2, -0.15) is 0 Å². The second-order valence-electron chi connectivity index (χ2n) is 3.51. The molecule has 2 saturated heterocycles. The Bertz CT molecular complexity index is 140. The Balaban J connectivity index is 2.00. The second kappa shape index (κ2) is 3.09. The third-order valence-corrected chi connectivity index (χ3v) is 2.90. The summed E-state index contributed by atoms with van der Waals surface area (Å²) in [6.45, 7) is 4.09. The fourth-order valence-electron chi connectivity index (χ4n) is 2.32. The minimum absolute atomic E-state index is 0.450. The van der Waals surface area contributed by atoms with Crippen LogP contribution in [0.2, 0.25) is 0 Å². The summed E-state index contributed by atoms with van der Waals surface area (Å²) < 4.78 is 0. The molecule has 0 saturated carbocycles. The maximum absolute atomic E-state index is 7.36. The maximum atomic E-state index is 7.36. The van der Waals surface area contributed by atoms with Crippen LogP contribution >= 0.6 is 0 Å². The van der Waals surface area contributed by atoms with Crippen LogP contribution in [-0.2, 0) is 0 Å². The molecule has 2 rings (SSSR count). The van der Waals surface area contributed by atoms with E-state index < -0.39 is 0 Å². The van der Waals surface area contributed by atoms with Crippen molar-refractivity contribution in [1.29, 1.82) is 0 Å². The molecule has 3 nitrogen and oxygen atoms in total. The van der Waals surface area contributed by atoms with Gasteiger partial charge in [-0.15, -0.1) is 0 Å². The largest absolute Gasteiger partial charge is 0.444 e. The van der Waals surface area contributed by atoms with E-state index in [9.17, 15) is 0 Å². The predicted octanol–water partition coefficient (Wildman–Crippen LogP) is -0.853. The maximum Gasteiger partial charge on any atom is 0.160 e. The van der Waals surface area contributed by atoms with Crippen LogP contribution in [0.5, 0.6) is 0 Å². The molecule has 0 aliphatic carbocycles. The van der Waals surface area contributed by atoms with Gasteiger partial charge in [-0.25, -0.2) is 0 Å². The summed E-state index contributed by atoms with van der Waals surface area (Å²) >= 11 is 0. The molecule has 2 aliphatic rings.